The van der Waals surface area contributed by atoms with Gasteiger partial charge in [0.2, 0.25) is 0 Å². The Labute approximate surface area is 149 Å². The van der Waals surface area contributed by atoms with E-state index < -0.39 is 0 Å². The third kappa shape index (κ3) is 3.86. The van der Waals surface area contributed by atoms with Gasteiger partial charge in [-0.05, 0) is 35.3 Å². The van der Waals surface area contributed by atoms with Crippen LogP contribution >= 0.6 is 0 Å². The van der Waals surface area contributed by atoms with E-state index in [0.29, 0.717) is 0 Å². The number of hydrogen-bond donors (Lipinski definition) is 0. The van der Waals surface area contributed by atoms with Crippen molar-refractivity contribution in [1.29, 1.82) is 0 Å². The second kappa shape index (κ2) is 7.45. The zero-order valence-corrected chi connectivity index (χ0v) is 14.3. The van der Waals surface area contributed by atoms with Crippen molar-refractivity contribution in [2.75, 3.05) is 13.1 Å². The van der Waals surface area contributed by atoms with Gasteiger partial charge in [-0.15, -0.1) is 0 Å². The maximum Gasteiger partial charge on any atom is 0.0705 e. The van der Waals surface area contributed by atoms with E-state index in [1.165, 1.54) is 22.3 Å². The monoisotopic (exact) mass is 326 g/mol. The van der Waals surface area contributed by atoms with E-state index in [4.69, 9.17) is 0 Å². The van der Waals surface area contributed by atoms with Crippen LogP contribution in [0.3, 0.4) is 0 Å². The minimum absolute atomic E-state index is 0.973. The minimum Gasteiger partial charge on any atom is -0.295 e. The number of nitrogens with zero attached hydrogens (tertiary/aromatic N) is 2. The van der Waals surface area contributed by atoms with E-state index in [1.807, 2.05) is 12.3 Å². The molecule has 0 N–H and O–H groups in total. The van der Waals surface area contributed by atoms with Crippen LogP contribution in [-0.4, -0.2) is 23.0 Å². The van der Waals surface area contributed by atoms with Crippen LogP contribution in [0.25, 0.3) is 16.8 Å². The molecule has 1 aromatic heterocycles. The number of aromatic nitrogens is 1. The van der Waals surface area contributed by atoms with Gasteiger partial charge >= 0.3 is 0 Å². The first kappa shape index (κ1) is 15.8. The Balaban J connectivity index is 1.45. The molecule has 0 amide bonds. The quantitative estimate of drug-likeness (QED) is 0.668. The second-order valence-corrected chi connectivity index (χ2v) is 6.50. The molecule has 0 saturated heterocycles. The Morgan fingerprint density at radius 3 is 2.24 bits per heavy atom. The van der Waals surface area contributed by atoms with Crippen LogP contribution in [0.2, 0.25) is 0 Å². The van der Waals surface area contributed by atoms with Crippen molar-refractivity contribution in [1.82, 2.24) is 9.88 Å². The van der Waals surface area contributed by atoms with E-state index >= 15 is 0 Å². The Bertz CT molecular complexity index is 854. The molecule has 0 bridgehead atoms. The van der Waals surface area contributed by atoms with Crippen molar-refractivity contribution in [3.63, 3.8) is 0 Å². The van der Waals surface area contributed by atoms with Crippen molar-refractivity contribution in [2.45, 2.75) is 13.0 Å². The average Bonchev–Trinajstić information content (AvgIpc) is 2.70. The van der Waals surface area contributed by atoms with Gasteiger partial charge < -0.3 is 0 Å². The number of pyridine rings is 1. The maximum absolute atomic E-state index is 4.52. The average molecular weight is 326 g/mol. The van der Waals surface area contributed by atoms with E-state index in [2.05, 4.69) is 82.7 Å². The van der Waals surface area contributed by atoms with Crippen molar-refractivity contribution < 1.29 is 0 Å². The highest BCUT2D eigenvalue weighted by molar-refractivity contribution is 5.66. The molecular formula is C23H22N2. The highest BCUT2D eigenvalue weighted by atomic mass is 15.1. The van der Waals surface area contributed by atoms with Gasteiger partial charge in [-0.1, -0.05) is 66.7 Å². The van der Waals surface area contributed by atoms with Gasteiger partial charge in [-0.3, -0.25) is 9.88 Å². The summed E-state index contributed by atoms with van der Waals surface area (Å²) in [6, 6.07) is 25.4. The van der Waals surface area contributed by atoms with Gasteiger partial charge in [0.15, 0.2) is 0 Å². The lowest BCUT2D eigenvalue weighted by Gasteiger charge is -2.26. The van der Waals surface area contributed by atoms with Crippen LogP contribution in [0, 0.1) is 0 Å². The number of hydrogen-bond acceptors (Lipinski definition) is 2. The van der Waals surface area contributed by atoms with Crippen LogP contribution in [0.5, 0.6) is 0 Å². The molecule has 2 nitrogen and oxygen atoms in total. The Kier molecular flexibility index (Phi) is 4.71. The first-order valence-corrected chi connectivity index (χ1v) is 8.86. The Morgan fingerprint density at radius 1 is 0.840 bits per heavy atom. The second-order valence-electron chi connectivity index (χ2n) is 6.50. The molecule has 0 aliphatic carbocycles. The fourth-order valence-corrected chi connectivity index (χ4v) is 3.37. The van der Waals surface area contributed by atoms with Gasteiger partial charge in [0.1, 0.15) is 0 Å². The standard InChI is InChI=1S/C23H22N2/c1-3-7-20(8-4-1)21-12-15-25(16-13-21)18-19-11-14-24-23(17-19)22-9-5-2-6-10-22/h1-12,14,17H,13,15-16,18H2. The molecular weight excluding hydrogens is 304 g/mol. The summed E-state index contributed by atoms with van der Waals surface area (Å²) in [6.45, 7) is 3.08. The van der Waals surface area contributed by atoms with Crippen LogP contribution < -0.4 is 0 Å². The lowest BCUT2D eigenvalue weighted by molar-refractivity contribution is 0.294. The van der Waals surface area contributed by atoms with E-state index in [0.717, 1.165) is 31.7 Å². The molecule has 3 aromatic rings. The molecule has 0 atom stereocenters. The molecule has 0 saturated carbocycles. The smallest absolute Gasteiger partial charge is 0.0705 e. The third-order valence-electron chi connectivity index (χ3n) is 4.74. The molecule has 0 radical (unpaired) electrons. The summed E-state index contributed by atoms with van der Waals surface area (Å²) >= 11 is 0. The summed E-state index contributed by atoms with van der Waals surface area (Å²) in [5.41, 5.74) is 6.38. The topological polar surface area (TPSA) is 16.1 Å². The van der Waals surface area contributed by atoms with Crippen molar-refractivity contribution in [3.05, 3.63) is 96.2 Å². The summed E-state index contributed by atoms with van der Waals surface area (Å²) in [6.07, 6.45) is 5.41. The lowest BCUT2D eigenvalue weighted by Crippen LogP contribution is -2.28. The fraction of sp³-hybridized carbons (Fsp3) is 0.174. The molecule has 2 aromatic carbocycles. The van der Waals surface area contributed by atoms with Crippen LogP contribution in [-0.2, 0) is 6.54 Å². The Hall–Kier alpha value is -2.71. The highest BCUT2D eigenvalue weighted by Gasteiger charge is 2.13. The lowest BCUT2D eigenvalue weighted by atomic mass is 9.99. The maximum atomic E-state index is 4.52. The minimum atomic E-state index is 0.973. The third-order valence-corrected chi connectivity index (χ3v) is 4.74. The van der Waals surface area contributed by atoms with Crippen molar-refractivity contribution in [2.24, 2.45) is 0 Å². The summed E-state index contributed by atoms with van der Waals surface area (Å²) in [7, 11) is 0. The van der Waals surface area contributed by atoms with Crippen LogP contribution in [0.15, 0.2) is 85.1 Å². The molecule has 0 fully saturated rings. The molecule has 25 heavy (non-hydrogen) atoms. The predicted octanol–water partition coefficient (Wildman–Crippen LogP) is 5.04. The van der Waals surface area contributed by atoms with E-state index in [9.17, 15) is 0 Å². The zero-order chi connectivity index (χ0) is 16.9. The molecule has 2 heteroatoms. The number of benzene rings is 2. The summed E-state index contributed by atoms with van der Waals surface area (Å²) in [5.74, 6) is 0. The van der Waals surface area contributed by atoms with Gasteiger partial charge in [-0.2, -0.15) is 0 Å². The SMILES string of the molecule is C1=C(c2ccccc2)CCN(Cc2ccnc(-c3ccccc3)c2)C1. The van der Waals surface area contributed by atoms with Crippen LogP contribution in [0.4, 0.5) is 0 Å². The molecule has 124 valence electrons. The predicted molar refractivity (Wildman–Crippen MR) is 104 cm³/mol. The van der Waals surface area contributed by atoms with Gasteiger partial charge in [-0.25, -0.2) is 0 Å². The molecule has 2 heterocycles. The molecule has 0 spiro atoms. The first-order valence-electron chi connectivity index (χ1n) is 8.86. The summed E-state index contributed by atoms with van der Waals surface area (Å²) in [5, 5.41) is 0. The molecule has 4 rings (SSSR count). The van der Waals surface area contributed by atoms with Gasteiger partial charge in [0, 0.05) is 31.4 Å². The fourth-order valence-electron chi connectivity index (χ4n) is 3.37. The van der Waals surface area contributed by atoms with Crippen LogP contribution in [0.1, 0.15) is 17.5 Å². The van der Waals surface area contributed by atoms with Crippen molar-refractivity contribution >= 4 is 5.57 Å². The molecule has 0 unspecified atom stereocenters. The van der Waals surface area contributed by atoms with E-state index in [1.54, 1.807) is 0 Å². The Morgan fingerprint density at radius 2 is 1.56 bits per heavy atom. The largest absolute Gasteiger partial charge is 0.295 e. The number of rotatable bonds is 4. The summed E-state index contributed by atoms with van der Waals surface area (Å²) < 4.78 is 0. The zero-order valence-electron chi connectivity index (χ0n) is 14.3. The molecule has 1 aliphatic heterocycles. The first-order chi connectivity index (χ1) is 12.4. The molecule has 1 aliphatic rings. The van der Waals surface area contributed by atoms with Gasteiger partial charge in [0.05, 0.1) is 5.69 Å². The van der Waals surface area contributed by atoms with Crippen molar-refractivity contribution in [3.8, 4) is 11.3 Å². The summed E-state index contributed by atoms with van der Waals surface area (Å²) in [4.78, 5) is 7.02. The van der Waals surface area contributed by atoms with E-state index in [-0.39, 0.29) is 0 Å². The normalized spacial score (nSPS) is 15.0. The highest BCUT2D eigenvalue weighted by Crippen LogP contribution is 2.23. The van der Waals surface area contributed by atoms with Gasteiger partial charge in [0.25, 0.3) is 0 Å².